The topological polar surface area (TPSA) is 13.0 Å². The molecule has 4 nitrogen and oxygen atoms in total. The average molecular weight is 423 g/mol. The Labute approximate surface area is 185 Å². The Hall–Kier alpha value is -0.230. The Balaban J connectivity index is 1.17. The lowest BCUT2D eigenvalue weighted by Crippen LogP contribution is -2.53. The summed E-state index contributed by atoms with van der Waals surface area (Å²) in [6.07, 6.45) is 5.40. The van der Waals surface area contributed by atoms with E-state index >= 15 is 0 Å². The highest BCUT2D eigenvalue weighted by atomic mass is 19.1. The van der Waals surface area contributed by atoms with Gasteiger partial charge in [-0.25, -0.2) is 4.39 Å². The zero-order valence-corrected chi connectivity index (χ0v) is 20.4. The second kappa shape index (κ2) is 8.96. The largest absolute Gasteiger partial charge is 0.301 e. The number of hydrogen-bond acceptors (Lipinski definition) is 4. The van der Waals surface area contributed by atoms with Crippen LogP contribution >= 0.6 is 0 Å². The Morgan fingerprint density at radius 3 is 2.00 bits per heavy atom. The third kappa shape index (κ3) is 5.57. The van der Waals surface area contributed by atoms with Gasteiger partial charge < -0.3 is 4.90 Å². The highest BCUT2D eigenvalue weighted by Crippen LogP contribution is 2.46. The predicted octanol–water partition coefficient (Wildman–Crippen LogP) is 3.72. The second-order valence-electron chi connectivity index (χ2n) is 12.3. The normalized spacial score (nSPS) is 34.0. The van der Waals surface area contributed by atoms with Gasteiger partial charge in [-0.2, -0.15) is 0 Å². The fourth-order valence-corrected chi connectivity index (χ4v) is 6.40. The minimum Gasteiger partial charge on any atom is -0.301 e. The van der Waals surface area contributed by atoms with Crippen molar-refractivity contribution in [3.05, 3.63) is 0 Å². The van der Waals surface area contributed by atoms with Gasteiger partial charge in [0.25, 0.3) is 0 Å². The van der Waals surface area contributed by atoms with Gasteiger partial charge in [-0.05, 0) is 78.6 Å². The molecule has 1 aliphatic carbocycles. The fourth-order valence-electron chi connectivity index (χ4n) is 6.40. The Morgan fingerprint density at radius 2 is 1.43 bits per heavy atom. The van der Waals surface area contributed by atoms with Crippen LogP contribution in [0.5, 0.6) is 0 Å². The summed E-state index contributed by atoms with van der Waals surface area (Å²) >= 11 is 0. The van der Waals surface area contributed by atoms with Gasteiger partial charge in [0.1, 0.15) is 6.17 Å². The number of piperidine rings is 1. The molecule has 3 unspecified atom stereocenters. The molecule has 0 amide bonds. The second-order valence-corrected chi connectivity index (χ2v) is 12.3. The number of alkyl halides is 1. The van der Waals surface area contributed by atoms with E-state index in [0.717, 1.165) is 24.8 Å². The number of nitrogens with zero attached hydrogens (tertiary/aromatic N) is 4. The first kappa shape index (κ1) is 22.9. The van der Waals surface area contributed by atoms with Crippen molar-refractivity contribution in [2.75, 3.05) is 58.9 Å². The number of rotatable bonds is 6. The summed E-state index contributed by atoms with van der Waals surface area (Å²) in [6, 6.07) is 0.623. The van der Waals surface area contributed by atoms with Crippen molar-refractivity contribution in [2.24, 2.45) is 11.8 Å². The van der Waals surface area contributed by atoms with Gasteiger partial charge in [0.05, 0.1) is 0 Å². The highest BCUT2D eigenvalue weighted by Gasteiger charge is 2.44. The molecule has 0 N–H and O–H groups in total. The Bertz CT molecular complexity index is 558. The fraction of sp³-hybridized carbons (Fsp3) is 1.00. The summed E-state index contributed by atoms with van der Waals surface area (Å²) in [5.41, 5.74) is 0.622. The predicted molar refractivity (Wildman–Crippen MR) is 124 cm³/mol. The van der Waals surface area contributed by atoms with Crippen LogP contribution in [0.3, 0.4) is 0 Å². The van der Waals surface area contributed by atoms with Crippen LogP contribution in [0.15, 0.2) is 0 Å². The van der Waals surface area contributed by atoms with E-state index in [0.29, 0.717) is 23.7 Å². The zero-order chi connectivity index (χ0) is 21.5. The average Bonchev–Trinajstić information content (AvgIpc) is 3.24. The molecule has 0 radical (unpaired) electrons. The van der Waals surface area contributed by atoms with Crippen LogP contribution in [0.2, 0.25) is 0 Å². The molecule has 4 aliphatic rings. The van der Waals surface area contributed by atoms with E-state index in [9.17, 15) is 4.39 Å². The van der Waals surface area contributed by atoms with E-state index in [4.69, 9.17) is 0 Å². The van der Waals surface area contributed by atoms with Crippen molar-refractivity contribution in [3.8, 4) is 0 Å². The van der Waals surface area contributed by atoms with Crippen LogP contribution in [0.4, 0.5) is 4.39 Å². The molecule has 1 saturated carbocycles. The summed E-state index contributed by atoms with van der Waals surface area (Å²) in [4.78, 5) is 10.5. The molecule has 174 valence electrons. The van der Waals surface area contributed by atoms with Crippen molar-refractivity contribution >= 4 is 0 Å². The van der Waals surface area contributed by atoms with Crippen LogP contribution in [0.1, 0.15) is 66.7 Å². The van der Waals surface area contributed by atoms with Crippen LogP contribution in [-0.2, 0) is 0 Å². The molecule has 0 bridgehead atoms. The molecule has 5 heteroatoms. The molecule has 3 heterocycles. The molecule has 0 aromatic carbocycles. The molecule has 0 aromatic rings. The van der Waals surface area contributed by atoms with Crippen molar-refractivity contribution < 1.29 is 4.39 Å². The first-order valence-electron chi connectivity index (χ1n) is 12.7. The molecule has 3 atom stereocenters. The van der Waals surface area contributed by atoms with Gasteiger partial charge in [0, 0.05) is 76.0 Å². The maximum atomic E-state index is 13.6. The molecular formula is C25H47FN4. The number of likely N-dealkylation sites (tertiary alicyclic amines) is 2. The van der Waals surface area contributed by atoms with Gasteiger partial charge in [0.15, 0.2) is 0 Å². The third-order valence-electron chi connectivity index (χ3n) is 8.64. The van der Waals surface area contributed by atoms with E-state index in [1.165, 1.54) is 71.5 Å². The zero-order valence-electron chi connectivity index (χ0n) is 20.4. The van der Waals surface area contributed by atoms with Gasteiger partial charge in [-0.15, -0.1) is 0 Å². The van der Waals surface area contributed by atoms with Crippen LogP contribution < -0.4 is 0 Å². The lowest BCUT2D eigenvalue weighted by atomic mass is 9.90. The van der Waals surface area contributed by atoms with Gasteiger partial charge >= 0.3 is 0 Å². The van der Waals surface area contributed by atoms with Gasteiger partial charge in [0.2, 0.25) is 0 Å². The van der Waals surface area contributed by atoms with Crippen LogP contribution in [0.25, 0.3) is 0 Å². The minimum atomic E-state index is -0.581. The maximum Gasteiger partial charge on any atom is 0.114 e. The smallest absolute Gasteiger partial charge is 0.114 e. The van der Waals surface area contributed by atoms with E-state index in [-0.39, 0.29) is 0 Å². The molecule has 0 aromatic heterocycles. The maximum absolute atomic E-state index is 13.6. The van der Waals surface area contributed by atoms with E-state index in [1.807, 2.05) is 0 Å². The van der Waals surface area contributed by atoms with Crippen molar-refractivity contribution in [1.82, 2.24) is 19.6 Å². The minimum absolute atomic E-state index is 0.308. The SMILES string of the molecule is CC(C)(C)N1CCN(CC2CC2CC(C)(C)N2CCC(N3CCC(F)C3)CC2)CC1. The van der Waals surface area contributed by atoms with E-state index in [1.54, 1.807) is 0 Å². The summed E-state index contributed by atoms with van der Waals surface area (Å²) in [5.74, 6) is 1.85. The third-order valence-corrected chi connectivity index (χ3v) is 8.64. The summed E-state index contributed by atoms with van der Waals surface area (Å²) in [7, 11) is 0. The molecule has 3 aliphatic heterocycles. The highest BCUT2D eigenvalue weighted by molar-refractivity contribution is 4.98. The molecule has 30 heavy (non-hydrogen) atoms. The van der Waals surface area contributed by atoms with Crippen molar-refractivity contribution in [1.29, 1.82) is 0 Å². The van der Waals surface area contributed by atoms with Crippen molar-refractivity contribution in [2.45, 2.75) is 90.0 Å². The number of piperazine rings is 1. The van der Waals surface area contributed by atoms with Crippen LogP contribution in [0, 0.1) is 11.8 Å². The van der Waals surface area contributed by atoms with Gasteiger partial charge in [-0.1, -0.05) is 0 Å². The van der Waals surface area contributed by atoms with Crippen LogP contribution in [-0.4, -0.2) is 102 Å². The summed E-state index contributed by atoms with van der Waals surface area (Å²) in [5, 5.41) is 0. The number of hydrogen-bond donors (Lipinski definition) is 0. The number of halogens is 1. The van der Waals surface area contributed by atoms with E-state index in [2.05, 4.69) is 54.2 Å². The molecule has 4 rings (SSSR count). The Morgan fingerprint density at radius 1 is 0.767 bits per heavy atom. The first-order valence-corrected chi connectivity index (χ1v) is 12.7. The monoisotopic (exact) mass is 422 g/mol. The summed E-state index contributed by atoms with van der Waals surface area (Å²) in [6.45, 7) is 22.3. The molecular weight excluding hydrogens is 375 g/mol. The molecule has 0 spiro atoms. The Kier molecular flexibility index (Phi) is 6.85. The standard InChI is InChI=1S/C25H47FN4/c1-24(2,3)29-14-12-27(13-15-29)18-21-16-20(21)17-25(4,5)30-10-7-23(8-11-30)28-9-6-22(26)19-28/h20-23H,6-19H2,1-5H3. The van der Waals surface area contributed by atoms with E-state index < -0.39 is 6.17 Å². The lowest BCUT2D eigenvalue weighted by Gasteiger charge is -2.45. The quantitative estimate of drug-likeness (QED) is 0.647. The first-order chi connectivity index (χ1) is 14.1. The summed E-state index contributed by atoms with van der Waals surface area (Å²) < 4.78 is 13.6. The molecule has 3 saturated heterocycles. The van der Waals surface area contributed by atoms with Crippen molar-refractivity contribution in [3.63, 3.8) is 0 Å². The lowest BCUT2D eigenvalue weighted by molar-refractivity contribution is 0.0425. The molecule has 4 fully saturated rings. The van der Waals surface area contributed by atoms with Gasteiger partial charge in [-0.3, -0.25) is 14.7 Å².